The molecule has 0 heterocycles. The van der Waals surface area contributed by atoms with Crippen LogP contribution in [-0.4, -0.2) is 5.91 Å². The number of carbonyl (C=O) groups excluding carboxylic acids is 1. The Morgan fingerprint density at radius 3 is 2.27 bits per heavy atom. The second-order valence-corrected chi connectivity index (χ2v) is 7.94. The van der Waals surface area contributed by atoms with Crippen molar-refractivity contribution >= 4 is 29.3 Å². The lowest BCUT2D eigenvalue weighted by atomic mass is 9.96. The number of aryl methyl sites for hydroxylation is 3. The van der Waals surface area contributed by atoms with Gasteiger partial charge in [-0.2, -0.15) is 5.26 Å². The SMILES string of the molecule is Cc1ccc(NC(=O)/C(C#N)=C/c2cc(Cl)ccc2Cc2cc(C)cc(C)c2)cc1. The van der Waals surface area contributed by atoms with Crippen LogP contribution in [0.5, 0.6) is 0 Å². The molecule has 1 amide bonds. The Morgan fingerprint density at radius 1 is 0.967 bits per heavy atom. The molecule has 0 saturated heterocycles. The normalized spacial score (nSPS) is 11.1. The standard InChI is InChI=1S/C26H23ClN2O/c1-17-4-8-25(9-5-17)29-26(30)23(16-28)14-22-15-24(27)7-6-21(22)13-20-11-18(2)10-19(3)12-20/h4-12,14-15H,13H2,1-3H3,(H,29,30)/b23-14+. The second-order valence-electron chi connectivity index (χ2n) is 7.51. The lowest BCUT2D eigenvalue weighted by Crippen LogP contribution is -2.13. The Kier molecular flexibility index (Phi) is 6.72. The number of halogens is 1. The molecule has 150 valence electrons. The highest BCUT2D eigenvalue weighted by Crippen LogP contribution is 2.23. The smallest absolute Gasteiger partial charge is 0.266 e. The van der Waals surface area contributed by atoms with Gasteiger partial charge in [-0.25, -0.2) is 0 Å². The Hall–Kier alpha value is -3.35. The molecule has 0 aliphatic rings. The van der Waals surface area contributed by atoms with E-state index in [1.165, 1.54) is 16.7 Å². The highest BCUT2D eigenvalue weighted by molar-refractivity contribution is 6.30. The first-order valence-electron chi connectivity index (χ1n) is 9.69. The van der Waals surface area contributed by atoms with Gasteiger partial charge in [0, 0.05) is 10.7 Å². The molecule has 0 radical (unpaired) electrons. The van der Waals surface area contributed by atoms with Gasteiger partial charge in [0.15, 0.2) is 0 Å². The Bertz CT molecular complexity index is 1130. The maximum absolute atomic E-state index is 12.6. The minimum Gasteiger partial charge on any atom is -0.321 e. The van der Waals surface area contributed by atoms with Gasteiger partial charge in [0.05, 0.1) is 0 Å². The van der Waals surface area contributed by atoms with E-state index in [0.29, 0.717) is 17.1 Å². The van der Waals surface area contributed by atoms with Crippen LogP contribution in [0.4, 0.5) is 5.69 Å². The average Bonchev–Trinajstić information content (AvgIpc) is 2.69. The monoisotopic (exact) mass is 414 g/mol. The van der Waals surface area contributed by atoms with E-state index >= 15 is 0 Å². The fourth-order valence-electron chi connectivity index (χ4n) is 3.39. The van der Waals surface area contributed by atoms with E-state index in [0.717, 1.165) is 16.7 Å². The number of hydrogen-bond donors (Lipinski definition) is 1. The van der Waals surface area contributed by atoms with Crippen LogP contribution >= 0.6 is 11.6 Å². The minimum atomic E-state index is -0.446. The van der Waals surface area contributed by atoms with E-state index in [4.69, 9.17) is 11.6 Å². The topological polar surface area (TPSA) is 52.9 Å². The molecule has 4 heteroatoms. The summed E-state index contributed by atoms with van der Waals surface area (Å²) in [6.45, 7) is 6.12. The van der Waals surface area contributed by atoms with Crippen LogP contribution in [0.3, 0.4) is 0 Å². The second kappa shape index (κ2) is 9.43. The Balaban J connectivity index is 1.91. The number of nitrogens with one attached hydrogen (secondary N) is 1. The number of carbonyl (C=O) groups is 1. The molecule has 0 aliphatic carbocycles. The van der Waals surface area contributed by atoms with Gasteiger partial charge in [0.1, 0.15) is 11.6 Å². The molecule has 3 aromatic carbocycles. The number of nitriles is 1. The number of anilines is 1. The number of rotatable bonds is 5. The van der Waals surface area contributed by atoms with Gasteiger partial charge in [-0.15, -0.1) is 0 Å². The highest BCUT2D eigenvalue weighted by atomic mass is 35.5. The van der Waals surface area contributed by atoms with Crippen LogP contribution in [0.2, 0.25) is 5.02 Å². The largest absolute Gasteiger partial charge is 0.321 e. The zero-order chi connectivity index (χ0) is 21.7. The lowest BCUT2D eigenvalue weighted by Gasteiger charge is -2.10. The molecular weight excluding hydrogens is 392 g/mol. The zero-order valence-corrected chi connectivity index (χ0v) is 18.0. The average molecular weight is 415 g/mol. The summed E-state index contributed by atoms with van der Waals surface area (Å²) in [5.41, 5.74) is 7.11. The molecule has 0 bridgehead atoms. The van der Waals surface area contributed by atoms with Crippen LogP contribution in [-0.2, 0) is 11.2 Å². The van der Waals surface area contributed by atoms with Gasteiger partial charge in [-0.3, -0.25) is 4.79 Å². The Labute approximate surface area is 182 Å². The molecule has 0 atom stereocenters. The van der Waals surface area contributed by atoms with E-state index < -0.39 is 5.91 Å². The van der Waals surface area contributed by atoms with Crippen LogP contribution in [0.25, 0.3) is 6.08 Å². The van der Waals surface area contributed by atoms with Crippen molar-refractivity contribution in [1.29, 1.82) is 5.26 Å². The van der Waals surface area contributed by atoms with Crippen molar-refractivity contribution in [2.24, 2.45) is 0 Å². The van der Waals surface area contributed by atoms with Crippen molar-refractivity contribution in [1.82, 2.24) is 0 Å². The van der Waals surface area contributed by atoms with Crippen LogP contribution in [0.1, 0.15) is 33.4 Å². The van der Waals surface area contributed by atoms with Crippen molar-refractivity contribution in [2.75, 3.05) is 5.32 Å². The maximum Gasteiger partial charge on any atom is 0.266 e. The molecule has 0 aromatic heterocycles. The number of benzene rings is 3. The third kappa shape index (κ3) is 5.59. The fourth-order valence-corrected chi connectivity index (χ4v) is 3.57. The van der Waals surface area contributed by atoms with E-state index in [9.17, 15) is 10.1 Å². The molecule has 3 nitrogen and oxygen atoms in total. The van der Waals surface area contributed by atoms with Gasteiger partial charge in [-0.1, -0.05) is 64.7 Å². The molecule has 0 unspecified atom stereocenters. The first-order chi connectivity index (χ1) is 14.3. The number of nitrogens with zero attached hydrogens (tertiary/aromatic N) is 1. The molecule has 0 aliphatic heterocycles. The van der Waals surface area contributed by atoms with E-state index in [1.54, 1.807) is 12.1 Å². The van der Waals surface area contributed by atoms with Gasteiger partial charge in [-0.05, 0) is 74.2 Å². The quantitative estimate of drug-likeness (QED) is 0.387. The van der Waals surface area contributed by atoms with Gasteiger partial charge in [0.25, 0.3) is 5.91 Å². The minimum absolute atomic E-state index is 0.0273. The summed E-state index contributed by atoms with van der Waals surface area (Å²) in [5.74, 6) is -0.446. The zero-order valence-electron chi connectivity index (χ0n) is 17.3. The van der Waals surface area contributed by atoms with Crippen molar-refractivity contribution in [3.63, 3.8) is 0 Å². The van der Waals surface area contributed by atoms with Gasteiger partial charge in [0.2, 0.25) is 0 Å². The first kappa shape index (κ1) is 21.4. The first-order valence-corrected chi connectivity index (χ1v) is 10.1. The van der Waals surface area contributed by atoms with Crippen molar-refractivity contribution < 1.29 is 4.79 Å². The van der Waals surface area contributed by atoms with Gasteiger partial charge < -0.3 is 5.32 Å². The summed E-state index contributed by atoms with van der Waals surface area (Å²) in [6.07, 6.45) is 2.29. The summed E-state index contributed by atoms with van der Waals surface area (Å²) in [7, 11) is 0. The molecule has 1 N–H and O–H groups in total. The van der Waals surface area contributed by atoms with E-state index in [2.05, 4.69) is 37.4 Å². The maximum atomic E-state index is 12.6. The number of amides is 1. The van der Waals surface area contributed by atoms with E-state index in [-0.39, 0.29) is 5.57 Å². The summed E-state index contributed by atoms with van der Waals surface area (Å²) >= 11 is 6.21. The predicted molar refractivity (Wildman–Crippen MR) is 124 cm³/mol. The fraction of sp³-hybridized carbons (Fsp3) is 0.154. The van der Waals surface area contributed by atoms with Crippen LogP contribution in [0.15, 0.2) is 66.2 Å². The van der Waals surface area contributed by atoms with Crippen molar-refractivity contribution in [3.8, 4) is 6.07 Å². The molecular formula is C26H23ClN2O. The molecule has 3 rings (SSSR count). The summed E-state index contributed by atoms with van der Waals surface area (Å²) < 4.78 is 0. The molecule has 30 heavy (non-hydrogen) atoms. The molecule has 0 saturated carbocycles. The summed E-state index contributed by atoms with van der Waals surface area (Å²) in [6, 6.07) is 21.4. The van der Waals surface area contributed by atoms with Crippen molar-refractivity contribution in [2.45, 2.75) is 27.2 Å². The number of hydrogen-bond acceptors (Lipinski definition) is 2. The molecule has 3 aromatic rings. The Morgan fingerprint density at radius 2 is 1.63 bits per heavy atom. The predicted octanol–water partition coefficient (Wildman–Crippen LogP) is 6.40. The summed E-state index contributed by atoms with van der Waals surface area (Å²) in [4.78, 5) is 12.6. The van der Waals surface area contributed by atoms with Gasteiger partial charge >= 0.3 is 0 Å². The summed E-state index contributed by atoms with van der Waals surface area (Å²) in [5, 5.41) is 12.9. The molecule has 0 spiro atoms. The third-order valence-electron chi connectivity index (χ3n) is 4.76. The van der Waals surface area contributed by atoms with E-state index in [1.807, 2.05) is 49.4 Å². The highest BCUT2D eigenvalue weighted by Gasteiger charge is 2.12. The molecule has 0 fully saturated rings. The third-order valence-corrected chi connectivity index (χ3v) is 4.99. The van der Waals surface area contributed by atoms with Crippen molar-refractivity contribution in [3.05, 3.63) is 105 Å². The lowest BCUT2D eigenvalue weighted by molar-refractivity contribution is -0.112. The van der Waals surface area contributed by atoms with Crippen LogP contribution in [0, 0.1) is 32.1 Å². The van der Waals surface area contributed by atoms with Crippen LogP contribution < -0.4 is 5.32 Å².